The zero-order valence-electron chi connectivity index (χ0n) is 12.2. The van der Waals surface area contributed by atoms with Crippen molar-refractivity contribution >= 4 is 18.0 Å². The number of nitrogens with one attached hydrogen (secondary N) is 1. The monoisotopic (exact) mass is 293 g/mol. The van der Waals surface area contributed by atoms with Gasteiger partial charge in [0.2, 0.25) is 5.91 Å². The number of methoxy groups -OCH3 is 1. The first-order valence-corrected chi connectivity index (χ1v) is 6.43. The molecule has 1 amide bonds. The fourth-order valence-corrected chi connectivity index (χ4v) is 1.67. The van der Waals surface area contributed by atoms with Crippen molar-refractivity contribution in [3.63, 3.8) is 0 Å². The molecule has 0 spiro atoms. The summed E-state index contributed by atoms with van der Waals surface area (Å²) >= 11 is 0. The molecule has 1 unspecified atom stereocenters. The molecule has 0 radical (unpaired) electrons. The minimum absolute atomic E-state index is 0.0305. The summed E-state index contributed by atoms with van der Waals surface area (Å²) in [6.45, 7) is 3.41. The Labute approximate surface area is 123 Å². The van der Waals surface area contributed by atoms with Gasteiger partial charge in [-0.3, -0.25) is 4.79 Å². The molecule has 0 saturated carbocycles. The maximum absolute atomic E-state index is 11.7. The van der Waals surface area contributed by atoms with Gasteiger partial charge in [-0.1, -0.05) is 13.8 Å². The SMILES string of the molecule is COc1ccc(/C=C/C(=O)NC(C(=O)O)C(C)C)c(O)c1. The number of hydrogen-bond donors (Lipinski definition) is 3. The summed E-state index contributed by atoms with van der Waals surface area (Å²) in [4.78, 5) is 22.7. The lowest BCUT2D eigenvalue weighted by Gasteiger charge is -2.16. The molecule has 0 aromatic heterocycles. The Kier molecular flexibility index (Phi) is 5.78. The van der Waals surface area contributed by atoms with E-state index < -0.39 is 17.9 Å². The molecule has 114 valence electrons. The van der Waals surface area contributed by atoms with Crippen LogP contribution in [0.2, 0.25) is 0 Å². The third-order valence-corrected chi connectivity index (χ3v) is 2.88. The lowest BCUT2D eigenvalue weighted by Crippen LogP contribution is -2.43. The maximum atomic E-state index is 11.7. The van der Waals surface area contributed by atoms with Gasteiger partial charge in [0.05, 0.1) is 7.11 Å². The van der Waals surface area contributed by atoms with Gasteiger partial charge in [0.25, 0.3) is 0 Å². The number of benzene rings is 1. The van der Waals surface area contributed by atoms with Crippen molar-refractivity contribution < 1.29 is 24.5 Å². The van der Waals surface area contributed by atoms with Crippen LogP contribution in [0.4, 0.5) is 0 Å². The number of carboxylic acid groups (broad SMARTS) is 1. The molecule has 0 aliphatic carbocycles. The summed E-state index contributed by atoms with van der Waals surface area (Å²) in [6.07, 6.45) is 2.59. The molecule has 0 fully saturated rings. The highest BCUT2D eigenvalue weighted by atomic mass is 16.5. The first-order chi connectivity index (χ1) is 9.85. The second kappa shape index (κ2) is 7.33. The van der Waals surface area contributed by atoms with Crippen molar-refractivity contribution in [1.82, 2.24) is 5.32 Å². The van der Waals surface area contributed by atoms with Gasteiger partial charge in [-0.15, -0.1) is 0 Å². The first kappa shape index (κ1) is 16.6. The number of rotatable bonds is 6. The van der Waals surface area contributed by atoms with Crippen molar-refractivity contribution in [2.75, 3.05) is 7.11 Å². The smallest absolute Gasteiger partial charge is 0.326 e. The van der Waals surface area contributed by atoms with Crippen LogP contribution in [0.3, 0.4) is 0 Å². The van der Waals surface area contributed by atoms with Crippen LogP contribution in [-0.4, -0.2) is 35.2 Å². The molecule has 0 heterocycles. The average Bonchev–Trinajstić information content (AvgIpc) is 2.42. The standard InChI is InChI=1S/C15H19NO5/c1-9(2)14(15(19)20)16-13(18)7-5-10-4-6-11(21-3)8-12(10)17/h4-9,14,17H,1-3H3,(H,16,18)(H,19,20)/b7-5+. The molecular formula is C15H19NO5. The second-order valence-electron chi connectivity index (χ2n) is 4.83. The summed E-state index contributed by atoms with van der Waals surface area (Å²) in [5.74, 6) is -1.38. The largest absolute Gasteiger partial charge is 0.507 e. The van der Waals surface area contributed by atoms with Crippen LogP contribution in [0.15, 0.2) is 24.3 Å². The molecule has 1 aromatic carbocycles. The van der Waals surface area contributed by atoms with E-state index in [1.54, 1.807) is 26.0 Å². The number of ether oxygens (including phenoxy) is 1. The summed E-state index contributed by atoms with van der Waals surface area (Å²) in [6, 6.07) is 3.71. The molecule has 1 rings (SSSR count). The maximum Gasteiger partial charge on any atom is 0.326 e. The van der Waals surface area contributed by atoms with Gasteiger partial charge in [0, 0.05) is 17.7 Å². The number of carbonyl (C=O) groups is 2. The number of carboxylic acids is 1. The van der Waals surface area contributed by atoms with E-state index in [1.165, 1.54) is 25.3 Å². The molecule has 0 bridgehead atoms. The molecule has 21 heavy (non-hydrogen) atoms. The van der Waals surface area contributed by atoms with Gasteiger partial charge in [-0.25, -0.2) is 4.79 Å². The number of carbonyl (C=O) groups excluding carboxylic acids is 1. The average molecular weight is 293 g/mol. The van der Waals surface area contributed by atoms with E-state index in [0.717, 1.165) is 0 Å². The molecule has 6 heteroatoms. The predicted octanol–water partition coefficient (Wildman–Crippen LogP) is 1.64. The number of hydrogen-bond acceptors (Lipinski definition) is 4. The molecule has 0 aliphatic rings. The summed E-state index contributed by atoms with van der Waals surface area (Å²) < 4.78 is 4.95. The van der Waals surface area contributed by atoms with Crippen molar-refractivity contribution in [1.29, 1.82) is 0 Å². The van der Waals surface area contributed by atoms with E-state index in [-0.39, 0.29) is 11.7 Å². The van der Waals surface area contributed by atoms with E-state index in [2.05, 4.69) is 5.32 Å². The van der Waals surface area contributed by atoms with E-state index in [9.17, 15) is 14.7 Å². The Morgan fingerprint density at radius 2 is 2.00 bits per heavy atom. The summed E-state index contributed by atoms with van der Waals surface area (Å²) in [5.41, 5.74) is 0.433. The molecule has 3 N–H and O–H groups in total. The van der Waals surface area contributed by atoms with Crippen molar-refractivity contribution in [2.45, 2.75) is 19.9 Å². The molecule has 0 aliphatic heterocycles. The van der Waals surface area contributed by atoms with Gasteiger partial charge in [-0.05, 0) is 24.1 Å². The lowest BCUT2D eigenvalue weighted by atomic mass is 10.0. The third kappa shape index (κ3) is 4.83. The van der Waals surface area contributed by atoms with Crippen LogP contribution >= 0.6 is 0 Å². The van der Waals surface area contributed by atoms with Crippen LogP contribution in [0.1, 0.15) is 19.4 Å². The predicted molar refractivity (Wildman–Crippen MR) is 78.1 cm³/mol. The van der Waals surface area contributed by atoms with Gasteiger partial charge in [-0.2, -0.15) is 0 Å². The number of aromatic hydroxyl groups is 1. The molecule has 6 nitrogen and oxygen atoms in total. The fourth-order valence-electron chi connectivity index (χ4n) is 1.67. The van der Waals surface area contributed by atoms with Gasteiger partial charge in [0.1, 0.15) is 17.5 Å². The van der Waals surface area contributed by atoms with Gasteiger partial charge < -0.3 is 20.3 Å². The zero-order valence-corrected chi connectivity index (χ0v) is 12.2. The highest BCUT2D eigenvalue weighted by Crippen LogP contribution is 2.24. The van der Waals surface area contributed by atoms with Crippen LogP contribution in [0.25, 0.3) is 6.08 Å². The quantitative estimate of drug-likeness (QED) is 0.693. The van der Waals surface area contributed by atoms with Crippen molar-refractivity contribution in [3.8, 4) is 11.5 Å². The van der Waals surface area contributed by atoms with E-state index in [4.69, 9.17) is 9.84 Å². The number of amides is 1. The van der Waals surface area contributed by atoms with Gasteiger partial charge in [0.15, 0.2) is 0 Å². The van der Waals surface area contributed by atoms with Gasteiger partial charge >= 0.3 is 5.97 Å². The first-order valence-electron chi connectivity index (χ1n) is 6.43. The number of aliphatic carboxylic acids is 1. The molecule has 0 saturated heterocycles. The zero-order chi connectivity index (χ0) is 16.0. The van der Waals surface area contributed by atoms with Crippen molar-refractivity contribution in [2.24, 2.45) is 5.92 Å². The summed E-state index contributed by atoms with van der Waals surface area (Å²) in [7, 11) is 1.48. The lowest BCUT2D eigenvalue weighted by molar-refractivity contribution is -0.142. The summed E-state index contributed by atoms with van der Waals surface area (Å²) in [5, 5.41) is 21.1. The van der Waals surface area contributed by atoms with E-state index in [0.29, 0.717) is 11.3 Å². The molecule has 1 atom stereocenters. The Morgan fingerprint density at radius 3 is 2.48 bits per heavy atom. The normalized spacial score (nSPS) is 12.4. The fraction of sp³-hybridized carbons (Fsp3) is 0.333. The molecular weight excluding hydrogens is 274 g/mol. The van der Waals surface area contributed by atoms with Crippen LogP contribution in [0.5, 0.6) is 11.5 Å². The third-order valence-electron chi connectivity index (χ3n) is 2.88. The minimum Gasteiger partial charge on any atom is -0.507 e. The Bertz CT molecular complexity index is 551. The Balaban J connectivity index is 2.76. The van der Waals surface area contributed by atoms with Crippen molar-refractivity contribution in [3.05, 3.63) is 29.8 Å². The number of phenols is 1. The number of phenolic OH excluding ortho intramolecular Hbond substituents is 1. The highest BCUT2D eigenvalue weighted by Gasteiger charge is 2.22. The Hall–Kier alpha value is -2.50. The Morgan fingerprint density at radius 1 is 1.33 bits per heavy atom. The molecule has 1 aromatic rings. The van der Waals surface area contributed by atoms with E-state index in [1.807, 2.05) is 0 Å². The second-order valence-corrected chi connectivity index (χ2v) is 4.83. The topological polar surface area (TPSA) is 95.9 Å². The van der Waals surface area contributed by atoms with E-state index >= 15 is 0 Å². The van der Waals surface area contributed by atoms with Crippen LogP contribution in [0, 0.1) is 5.92 Å². The van der Waals surface area contributed by atoms with Crippen LogP contribution < -0.4 is 10.1 Å². The highest BCUT2D eigenvalue weighted by molar-refractivity contribution is 5.94. The minimum atomic E-state index is -1.08. The van der Waals surface area contributed by atoms with Crippen LogP contribution in [-0.2, 0) is 9.59 Å².